The summed E-state index contributed by atoms with van der Waals surface area (Å²) < 4.78 is 39.9. The molecule has 2 aromatic carbocycles. The van der Waals surface area contributed by atoms with Crippen LogP contribution in [0.4, 0.5) is 4.79 Å². The number of hydrogen-bond acceptors (Lipinski definition) is 9. The van der Waals surface area contributed by atoms with Gasteiger partial charge in [-0.25, -0.2) is 18.2 Å². The molecule has 0 unspecified atom stereocenters. The predicted octanol–water partition coefficient (Wildman–Crippen LogP) is 4.17. The lowest BCUT2D eigenvalue weighted by atomic mass is 9.97. The van der Waals surface area contributed by atoms with Gasteiger partial charge < -0.3 is 29.7 Å². The Hall–Kier alpha value is -3.72. The van der Waals surface area contributed by atoms with Gasteiger partial charge in [0.15, 0.2) is 11.5 Å². The minimum absolute atomic E-state index is 0.00794. The number of urea groups is 1. The molecule has 14 heteroatoms. The monoisotopic (exact) mass is 715 g/mol. The molecule has 268 valence electrons. The first-order valence-electron chi connectivity index (χ1n) is 16.5. The number of hydrogen-bond donors (Lipinski definition) is 2. The number of carbonyl (C=O) groups excluding carboxylic acids is 2. The number of sulfonamides is 1. The summed E-state index contributed by atoms with van der Waals surface area (Å²) in [6, 6.07) is 11.8. The zero-order valence-corrected chi connectivity index (χ0v) is 31.0. The second kappa shape index (κ2) is 16.8. The van der Waals surface area contributed by atoms with Crippen molar-refractivity contribution in [3.05, 3.63) is 70.2 Å². The number of methoxy groups -OCH3 is 2. The van der Waals surface area contributed by atoms with Crippen LogP contribution in [0, 0.1) is 18.8 Å². The lowest BCUT2D eigenvalue weighted by molar-refractivity contribution is -0.128. The molecular formula is C35H49N5O7S2. The van der Waals surface area contributed by atoms with Crippen molar-refractivity contribution < 1.29 is 32.6 Å². The van der Waals surface area contributed by atoms with Gasteiger partial charge in [0.2, 0.25) is 15.9 Å². The van der Waals surface area contributed by atoms with Crippen molar-refractivity contribution in [2.24, 2.45) is 11.8 Å². The molecule has 1 aliphatic rings. The highest BCUT2D eigenvalue weighted by Crippen LogP contribution is 2.31. The molecule has 3 amide bonds. The first-order chi connectivity index (χ1) is 23.2. The molecule has 2 heterocycles. The first kappa shape index (κ1) is 38.1. The first-order valence-corrected chi connectivity index (χ1v) is 18.8. The van der Waals surface area contributed by atoms with Crippen molar-refractivity contribution >= 4 is 33.3 Å². The fraction of sp³-hybridized carbons (Fsp3) is 0.514. The van der Waals surface area contributed by atoms with Gasteiger partial charge in [0.05, 0.1) is 48.5 Å². The second-order valence-electron chi connectivity index (χ2n) is 13.0. The molecule has 2 N–H and O–H groups in total. The van der Waals surface area contributed by atoms with Crippen LogP contribution in [0.2, 0.25) is 0 Å². The molecule has 12 nitrogen and oxygen atoms in total. The molecule has 3 aromatic rings. The maximum Gasteiger partial charge on any atom is 0.321 e. The lowest BCUT2D eigenvalue weighted by Crippen LogP contribution is -2.57. The minimum Gasteiger partial charge on any atom is -0.493 e. The maximum atomic E-state index is 14.1. The normalized spacial score (nSPS) is 15.6. The van der Waals surface area contributed by atoms with Gasteiger partial charge in [0.25, 0.3) is 0 Å². The van der Waals surface area contributed by atoms with Crippen LogP contribution in [0.25, 0.3) is 0 Å². The topological polar surface area (TPSA) is 142 Å². The Balaban J connectivity index is 1.59. The van der Waals surface area contributed by atoms with Crippen LogP contribution in [0.1, 0.15) is 44.0 Å². The number of ether oxygens (including phenoxy) is 2. The van der Waals surface area contributed by atoms with E-state index >= 15 is 0 Å². The van der Waals surface area contributed by atoms with Crippen molar-refractivity contribution in [2.75, 3.05) is 40.4 Å². The lowest BCUT2D eigenvalue weighted by Gasteiger charge is -2.34. The maximum absolute atomic E-state index is 14.1. The molecule has 0 aliphatic carbocycles. The number of nitrogens with one attached hydrogen (secondary N) is 1. The molecule has 49 heavy (non-hydrogen) atoms. The van der Waals surface area contributed by atoms with Crippen LogP contribution in [-0.2, 0) is 27.8 Å². The van der Waals surface area contributed by atoms with Crippen LogP contribution in [0.3, 0.4) is 0 Å². The molecule has 1 fully saturated rings. The van der Waals surface area contributed by atoms with Crippen molar-refractivity contribution in [2.45, 2.75) is 70.7 Å². The number of thiazole rings is 1. The highest BCUT2D eigenvalue weighted by Gasteiger charge is 2.40. The van der Waals surface area contributed by atoms with Crippen LogP contribution in [-0.4, -0.2) is 103 Å². The molecule has 0 saturated carbocycles. The summed E-state index contributed by atoms with van der Waals surface area (Å²) in [5, 5.41) is 17.7. The van der Waals surface area contributed by atoms with E-state index < -0.39 is 34.1 Å². The Kier molecular flexibility index (Phi) is 13.1. The van der Waals surface area contributed by atoms with E-state index in [1.54, 1.807) is 9.80 Å². The summed E-state index contributed by atoms with van der Waals surface area (Å²) in [6.07, 6.45) is -1.04. The van der Waals surface area contributed by atoms with E-state index in [1.165, 1.54) is 48.1 Å². The second-order valence-corrected chi connectivity index (χ2v) is 16.0. The molecule has 0 radical (unpaired) electrons. The molecule has 1 aromatic heterocycles. The van der Waals surface area contributed by atoms with E-state index in [4.69, 9.17) is 9.47 Å². The zero-order valence-electron chi connectivity index (χ0n) is 29.3. The predicted molar refractivity (Wildman–Crippen MR) is 189 cm³/mol. The van der Waals surface area contributed by atoms with E-state index in [0.717, 1.165) is 16.3 Å². The number of amides is 3. The molecule has 1 aliphatic heterocycles. The highest BCUT2D eigenvalue weighted by molar-refractivity contribution is 7.89. The SMILES string of the molecule is COc1ccc(S(=O)(=O)N(CC(C)C)C[C@H](O)[C@H](Cc2ccccc2)NC(=O)[C@H](C(C)C)N2CCN(Cc3csc(C)n3)C2=O)cc1OC. The molecule has 3 atom stereocenters. The third kappa shape index (κ3) is 9.50. The smallest absolute Gasteiger partial charge is 0.321 e. The Morgan fingerprint density at radius 3 is 2.33 bits per heavy atom. The fourth-order valence-corrected chi connectivity index (χ4v) is 8.29. The third-order valence-corrected chi connectivity index (χ3v) is 11.1. The fourth-order valence-electron chi connectivity index (χ4n) is 6.05. The van der Waals surface area contributed by atoms with Crippen LogP contribution in [0.5, 0.6) is 11.5 Å². The van der Waals surface area contributed by atoms with Crippen LogP contribution < -0.4 is 14.8 Å². The summed E-state index contributed by atoms with van der Waals surface area (Å²) in [7, 11) is -1.20. The van der Waals surface area contributed by atoms with Crippen molar-refractivity contribution in [3.8, 4) is 11.5 Å². The average molecular weight is 716 g/mol. The van der Waals surface area contributed by atoms with E-state index in [0.29, 0.717) is 25.4 Å². The van der Waals surface area contributed by atoms with E-state index in [-0.39, 0.29) is 48.0 Å². The number of rotatable bonds is 17. The van der Waals surface area contributed by atoms with E-state index in [9.17, 15) is 23.1 Å². The van der Waals surface area contributed by atoms with Crippen molar-refractivity contribution in [1.82, 2.24) is 24.4 Å². The third-order valence-electron chi connectivity index (χ3n) is 8.43. The largest absolute Gasteiger partial charge is 0.493 e. The Morgan fingerprint density at radius 1 is 1.04 bits per heavy atom. The molecular weight excluding hydrogens is 667 g/mol. The Labute approximate surface area is 294 Å². The standard InChI is InChI=1S/C35H49N5O7S2/c1-23(2)19-39(49(44,45)28-13-14-31(46-6)32(18-28)47-7)21-30(41)29(17-26-11-9-8-10-12-26)37-34(42)33(24(3)4)40-16-15-38(35(40)43)20-27-22-48-25(5)36-27/h8-14,18,22-24,29-30,33,41H,15-17,19-21H2,1-7H3,(H,37,42)/t29-,30-,33-/m0/s1. The molecule has 0 spiro atoms. The summed E-state index contributed by atoms with van der Waals surface area (Å²) in [5.74, 6) is -0.0538. The summed E-state index contributed by atoms with van der Waals surface area (Å²) >= 11 is 1.52. The summed E-state index contributed by atoms with van der Waals surface area (Å²) in [6.45, 7) is 10.5. The summed E-state index contributed by atoms with van der Waals surface area (Å²) in [5.41, 5.74) is 1.66. The number of aryl methyl sites for hydroxylation is 1. The average Bonchev–Trinajstić information content (AvgIpc) is 3.64. The highest BCUT2D eigenvalue weighted by atomic mass is 32.2. The van der Waals surface area contributed by atoms with Gasteiger partial charge in [0, 0.05) is 37.6 Å². The number of benzene rings is 2. The van der Waals surface area contributed by atoms with Crippen LogP contribution >= 0.6 is 11.3 Å². The Morgan fingerprint density at radius 2 is 1.73 bits per heavy atom. The van der Waals surface area contributed by atoms with Gasteiger partial charge >= 0.3 is 6.03 Å². The van der Waals surface area contributed by atoms with Gasteiger partial charge in [-0.15, -0.1) is 11.3 Å². The number of carbonyl (C=O) groups is 2. The van der Waals surface area contributed by atoms with Gasteiger partial charge in [-0.05, 0) is 42.9 Å². The van der Waals surface area contributed by atoms with Crippen molar-refractivity contribution in [3.63, 3.8) is 0 Å². The van der Waals surface area contributed by atoms with Gasteiger partial charge in [0.1, 0.15) is 6.04 Å². The van der Waals surface area contributed by atoms with Gasteiger partial charge in [-0.2, -0.15) is 4.31 Å². The van der Waals surface area contributed by atoms with Gasteiger partial charge in [-0.1, -0.05) is 58.0 Å². The minimum atomic E-state index is -4.10. The Bertz CT molecular complexity index is 1670. The molecule has 0 bridgehead atoms. The molecule has 4 rings (SSSR count). The molecule has 1 saturated heterocycles. The number of aliphatic hydroxyl groups excluding tert-OH is 1. The van der Waals surface area contributed by atoms with Crippen molar-refractivity contribution in [1.29, 1.82) is 0 Å². The van der Waals surface area contributed by atoms with Gasteiger partial charge in [-0.3, -0.25) is 4.79 Å². The quantitative estimate of drug-likeness (QED) is 0.212. The summed E-state index contributed by atoms with van der Waals surface area (Å²) in [4.78, 5) is 35.4. The van der Waals surface area contributed by atoms with E-state index in [2.05, 4.69) is 10.3 Å². The number of nitrogens with zero attached hydrogens (tertiary/aromatic N) is 4. The number of aliphatic hydroxyl groups is 1. The van der Waals surface area contributed by atoms with Crippen LogP contribution in [0.15, 0.2) is 58.8 Å². The number of aromatic nitrogens is 1. The van der Waals surface area contributed by atoms with E-state index in [1.807, 2.05) is 70.3 Å². The zero-order chi connectivity index (χ0) is 35.9.